The van der Waals surface area contributed by atoms with Gasteiger partial charge in [-0.25, -0.2) is 0 Å². The zero-order chi connectivity index (χ0) is 13.8. The molecule has 0 amide bonds. The minimum Gasteiger partial charge on any atom is -0.497 e. The smallest absolute Gasteiger partial charge is 0.119 e. The number of hydrogen-bond donors (Lipinski definition) is 0. The molecule has 0 aliphatic heterocycles. The van der Waals surface area contributed by atoms with Crippen LogP contribution in [0.4, 0.5) is 5.69 Å². The highest BCUT2D eigenvalue weighted by molar-refractivity contribution is 5.84. The van der Waals surface area contributed by atoms with Crippen molar-refractivity contribution in [3.63, 3.8) is 0 Å². The molecule has 2 heteroatoms. The van der Waals surface area contributed by atoms with Gasteiger partial charge in [0.25, 0.3) is 0 Å². The van der Waals surface area contributed by atoms with E-state index in [1.54, 1.807) is 7.11 Å². The van der Waals surface area contributed by atoms with Crippen LogP contribution in [-0.4, -0.2) is 13.3 Å². The highest BCUT2D eigenvalue weighted by atomic mass is 16.5. The minimum absolute atomic E-state index is 0.876. The Labute approximate surface area is 114 Å². The molecule has 2 rings (SSSR count). The highest BCUT2D eigenvalue weighted by Crippen LogP contribution is 2.19. The molecule has 0 bridgehead atoms. The van der Waals surface area contributed by atoms with E-state index in [4.69, 9.17) is 4.74 Å². The molecule has 0 aliphatic rings. The van der Waals surface area contributed by atoms with Crippen molar-refractivity contribution in [3.8, 4) is 5.75 Å². The van der Waals surface area contributed by atoms with Crippen LogP contribution in [0.1, 0.15) is 22.3 Å². The number of nitrogens with zero attached hydrogens (tertiary/aromatic N) is 1. The molecule has 0 saturated heterocycles. The first-order chi connectivity index (χ1) is 9.08. The third kappa shape index (κ3) is 3.44. The maximum absolute atomic E-state index is 5.20. The number of rotatable bonds is 3. The average molecular weight is 253 g/mol. The van der Waals surface area contributed by atoms with Crippen LogP contribution in [0.25, 0.3) is 0 Å². The van der Waals surface area contributed by atoms with Crippen LogP contribution in [0.2, 0.25) is 0 Å². The summed E-state index contributed by atoms with van der Waals surface area (Å²) in [4.78, 5) is 4.55. The highest BCUT2D eigenvalue weighted by Gasteiger charge is 1.98. The Hall–Kier alpha value is -2.09. The average Bonchev–Trinajstić information content (AvgIpc) is 2.36. The standard InChI is InChI=1S/C17H19NO/c1-12-7-13(2)9-16(8-12)18-11-15-5-6-17(19-4)10-14(15)3/h5-11H,1-4H3/b18-11+. The summed E-state index contributed by atoms with van der Waals surface area (Å²) in [6.45, 7) is 6.24. The molecule has 0 heterocycles. The Bertz CT molecular complexity index is 594. The summed E-state index contributed by atoms with van der Waals surface area (Å²) in [5.74, 6) is 0.876. The summed E-state index contributed by atoms with van der Waals surface area (Å²) in [7, 11) is 1.68. The fourth-order valence-electron chi connectivity index (χ4n) is 2.09. The van der Waals surface area contributed by atoms with Gasteiger partial charge in [0.15, 0.2) is 0 Å². The van der Waals surface area contributed by atoms with E-state index in [9.17, 15) is 0 Å². The maximum Gasteiger partial charge on any atom is 0.119 e. The van der Waals surface area contributed by atoms with Crippen LogP contribution in [0, 0.1) is 20.8 Å². The van der Waals surface area contributed by atoms with Gasteiger partial charge in [0.2, 0.25) is 0 Å². The molecule has 0 aromatic heterocycles. The summed E-state index contributed by atoms with van der Waals surface area (Å²) in [5.41, 5.74) is 5.73. The van der Waals surface area contributed by atoms with Gasteiger partial charge in [-0.2, -0.15) is 0 Å². The third-order valence-electron chi connectivity index (χ3n) is 3.04. The Morgan fingerprint density at radius 2 is 1.63 bits per heavy atom. The largest absolute Gasteiger partial charge is 0.497 e. The molecular formula is C17H19NO. The molecule has 0 unspecified atom stereocenters. The first-order valence-electron chi connectivity index (χ1n) is 6.35. The lowest BCUT2D eigenvalue weighted by Crippen LogP contribution is -1.89. The van der Waals surface area contributed by atoms with E-state index < -0.39 is 0 Å². The first kappa shape index (κ1) is 13.3. The van der Waals surface area contributed by atoms with Crippen molar-refractivity contribution < 1.29 is 4.74 Å². The molecule has 0 radical (unpaired) electrons. The van der Waals surface area contributed by atoms with Crippen molar-refractivity contribution in [1.82, 2.24) is 0 Å². The van der Waals surface area contributed by atoms with Crippen LogP contribution < -0.4 is 4.74 Å². The van der Waals surface area contributed by atoms with E-state index in [2.05, 4.69) is 44.0 Å². The SMILES string of the molecule is COc1ccc(/C=N/c2cc(C)cc(C)c2)c(C)c1. The molecule has 2 nitrogen and oxygen atoms in total. The van der Waals surface area contributed by atoms with Crippen molar-refractivity contribution >= 4 is 11.9 Å². The first-order valence-corrected chi connectivity index (χ1v) is 6.35. The predicted molar refractivity (Wildman–Crippen MR) is 80.9 cm³/mol. The van der Waals surface area contributed by atoms with Gasteiger partial charge >= 0.3 is 0 Å². The molecule has 0 aliphatic carbocycles. The second kappa shape index (κ2) is 5.70. The number of methoxy groups -OCH3 is 1. The number of aliphatic imine (C=N–C) groups is 1. The van der Waals surface area contributed by atoms with E-state index >= 15 is 0 Å². The second-order valence-electron chi connectivity index (χ2n) is 4.83. The monoisotopic (exact) mass is 253 g/mol. The summed E-state index contributed by atoms with van der Waals surface area (Å²) in [5, 5.41) is 0. The summed E-state index contributed by atoms with van der Waals surface area (Å²) in [6.07, 6.45) is 1.91. The van der Waals surface area contributed by atoms with Crippen LogP contribution in [0.15, 0.2) is 41.4 Å². The predicted octanol–water partition coefficient (Wildman–Crippen LogP) is 4.37. The number of benzene rings is 2. The van der Waals surface area contributed by atoms with E-state index in [-0.39, 0.29) is 0 Å². The fourth-order valence-corrected chi connectivity index (χ4v) is 2.09. The van der Waals surface area contributed by atoms with E-state index in [0.717, 1.165) is 22.6 Å². The maximum atomic E-state index is 5.20. The zero-order valence-corrected chi connectivity index (χ0v) is 11.9. The third-order valence-corrected chi connectivity index (χ3v) is 3.04. The van der Waals surface area contributed by atoms with Crippen molar-refractivity contribution in [3.05, 3.63) is 58.7 Å². The molecular weight excluding hydrogens is 234 g/mol. The molecule has 0 atom stereocenters. The van der Waals surface area contributed by atoms with Gasteiger partial charge in [-0.15, -0.1) is 0 Å². The van der Waals surface area contributed by atoms with Gasteiger partial charge in [-0.05, 0) is 73.4 Å². The Morgan fingerprint density at radius 3 is 2.21 bits per heavy atom. The summed E-state index contributed by atoms with van der Waals surface area (Å²) >= 11 is 0. The molecule has 2 aromatic carbocycles. The van der Waals surface area contributed by atoms with E-state index in [0.29, 0.717) is 0 Å². The van der Waals surface area contributed by atoms with Gasteiger partial charge in [0.05, 0.1) is 12.8 Å². The topological polar surface area (TPSA) is 21.6 Å². The Kier molecular flexibility index (Phi) is 4.00. The van der Waals surface area contributed by atoms with Gasteiger partial charge in [-0.3, -0.25) is 4.99 Å². The normalized spacial score (nSPS) is 10.9. The number of hydrogen-bond acceptors (Lipinski definition) is 2. The minimum atomic E-state index is 0.876. The molecule has 2 aromatic rings. The molecule has 19 heavy (non-hydrogen) atoms. The van der Waals surface area contributed by atoms with Gasteiger partial charge in [-0.1, -0.05) is 6.07 Å². The van der Waals surface area contributed by atoms with Crippen molar-refractivity contribution in [2.24, 2.45) is 4.99 Å². The summed E-state index contributed by atoms with van der Waals surface area (Å²) in [6, 6.07) is 12.3. The molecule has 98 valence electrons. The van der Waals surface area contributed by atoms with Crippen LogP contribution >= 0.6 is 0 Å². The summed E-state index contributed by atoms with van der Waals surface area (Å²) < 4.78 is 5.20. The van der Waals surface area contributed by atoms with Crippen LogP contribution in [-0.2, 0) is 0 Å². The second-order valence-corrected chi connectivity index (χ2v) is 4.83. The van der Waals surface area contributed by atoms with Crippen LogP contribution in [0.5, 0.6) is 5.75 Å². The van der Waals surface area contributed by atoms with Gasteiger partial charge in [0, 0.05) is 6.21 Å². The van der Waals surface area contributed by atoms with Crippen molar-refractivity contribution in [1.29, 1.82) is 0 Å². The van der Waals surface area contributed by atoms with E-state index in [1.807, 2.05) is 24.4 Å². The Balaban J connectivity index is 2.27. The number of ether oxygens (including phenoxy) is 1. The van der Waals surface area contributed by atoms with Crippen molar-refractivity contribution in [2.75, 3.05) is 7.11 Å². The molecule has 0 fully saturated rings. The lowest BCUT2D eigenvalue weighted by atomic mass is 10.1. The van der Waals surface area contributed by atoms with Gasteiger partial charge < -0.3 is 4.74 Å². The van der Waals surface area contributed by atoms with Crippen molar-refractivity contribution in [2.45, 2.75) is 20.8 Å². The van der Waals surface area contributed by atoms with Gasteiger partial charge in [0.1, 0.15) is 5.75 Å². The molecule has 0 spiro atoms. The molecule has 0 N–H and O–H groups in total. The quantitative estimate of drug-likeness (QED) is 0.744. The lowest BCUT2D eigenvalue weighted by Gasteiger charge is -2.04. The van der Waals surface area contributed by atoms with E-state index in [1.165, 1.54) is 11.1 Å². The fraction of sp³-hybridized carbons (Fsp3) is 0.235. The number of aryl methyl sites for hydroxylation is 3. The zero-order valence-electron chi connectivity index (χ0n) is 11.9. The molecule has 0 saturated carbocycles. The Morgan fingerprint density at radius 1 is 0.947 bits per heavy atom. The lowest BCUT2D eigenvalue weighted by molar-refractivity contribution is 0.414. The van der Waals surface area contributed by atoms with Crippen LogP contribution in [0.3, 0.4) is 0 Å².